The van der Waals surface area contributed by atoms with Gasteiger partial charge in [0.15, 0.2) is 5.11 Å². The Balaban J connectivity index is 3.51. The van der Waals surface area contributed by atoms with Crippen molar-refractivity contribution in [2.45, 2.75) is 20.0 Å². The molecule has 0 saturated carbocycles. The maximum atomic E-state index is 12.9. The van der Waals surface area contributed by atoms with E-state index < -0.39 is 39.3 Å². The van der Waals surface area contributed by atoms with Crippen LogP contribution in [0.25, 0.3) is 0 Å². The van der Waals surface area contributed by atoms with E-state index in [0.29, 0.717) is 12.1 Å². The average Bonchev–Trinajstić information content (AvgIpc) is 2.36. The van der Waals surface area contributed by atoms with Crippen LogP contribution in [-0.4, -0.2) is 15.9 Å². The third-order valence-corrected chi connectivity index (χ3v) is 2.86. The largest absolute Gasteiger partial charge is 0.423 e. The number of carbonyl (C=O) groups is 1. The lowest BCUT2D eigenvalue weighted by Crippen LogP contribution is -2.43. The van der Waals surface area contributed by atoms with E-state index in [2.05, 4.69) is 12.2 Å². The quantitative estimate of drug-likeness (QED) is 0.521. The summed E-state index contributed by atoms with van der Waals surface area (Å²) in [5, 5.41) is 10.3. The van der Waals surface area contributed by atoms with Crippen molar-refractivity contribution in [3.63, 3.8) is 0 Å². The lowest BCUT2D eigenvalue weighted by atomic mass is 10.1. The molecule has 22 heavy (non-hydrogen) atoms. The van der Waals surface area contributed by atoms with Crippen LogP contribution in [-0.2, 0) is 11.0 Å². The van der Waals surface area contributed by atoms with E-state index in [4.69, 9.17) is 5.73 Å². The van der Waals surface area contributed by atoms with Crippen molar-refractivity contribution in [1.82, 2.24) is 0 Å². The van der Waals surface area contributed by atoms with Crippen LogP contribution in [0.1, 0.15) is 19.4 Å². The predicted molar refractivity (Wildman–Crippen MR) is 77.2 cm³/mol. The lowest BCUT2D eigenvalue weighted by Gasteiger charge is -2.23. The maximum absolute atomic E-state index is 12.9. The van der Waals surface area contributed by atoms with Gasteiger partial charge in [0.25, 0.3) is 5.69 Å². The summed E-state index contributed by atoms with van der Waals surface area (Å²) in [6.07, 6.45) is -4.96. The Bertz CT molecular complexity index is 632. The van der Waals surface area contributed by atoms with Crippen molar-refractivity contribution in [1.29, 1.82) is 0 Å². The van der Waals surface area contributed by atoms with E-state index in [1.165, 1.54) is 13.8 Å². The number of alkyl halides is 3. The van der Waals surface area contributed by atoms with Crippen LogP contribution >= 0.6 is 12.2 Å². The highest BCUT2D eigenvalue weighted by Crippen LogP contribution is 2.38. The minimum absolute atomic E-state index is 0.274. The number of rotatable bonds is 3. The summed E-state index contributed by atoms with van der Waals surface area (Å²) in [7, 11) is 0. The number of nitro benzene ring substituents is 1. The van der Waals surface area contributed by atoms with E-state index in [-0.39, 0.29) is 5.69 Å². The Kier molecular flexibility index (Phi) is 5.07. The molecule has 0 aromatic heterocycles. The van der Waals surface area contributed by atoms with Crippen LogP contribution in [0, 0.1) is 16.0 Å². The van der Waals surface area contributed by atoms with Crippen LogP contribution in [0.2, 0.25) is 0 Å². The normalized spacial score (nSPS) is 11.4. The number of halogens is 3. The molecule has 1 aromatic carbocycles. The molecule has 0 spiro atoms. The number of thiocarbonyl (C=S) groups is 1. The first-order valence-corrected chi connectivity index (χ1v) is 6.36. The summed E-state index contributed by atoms with van der Waals surface area (Å²) < 4.78 is 38.8. The maximum Gasteiger partial charge on any atom is 0.423 e. The molecule has 0 aliphatic heterocycles. The van der Waals surface area contributed by atoms with Crippen molar-refractivity contribution < 1.29 is 22.9 Å². The highest BCUT2D eigenvalue weighted by Gasteiger charge is 2.39. The minimum atomic E-state index is -4.96. The standard InChI is InChI=1S/C12H12F3N3O3S/c1-6(2)10(19)17(11(16)22)7-3-4-9(18(20)21)8(5-7)12(13,14)15/h3-6H,1-2H3,(H2,16,22). The van der Waals surface area contributed by atoms with Gasteiger partial charge in [0.2, 0.25) is 5.91 Å². The number of anilines is 1. The van der Waals surface area contributed by atoms with Gasteiger partial charge in [0.05, 0.1) is 10.6 Å². The molecule has 0 unspecified atom stereocenters. The van der Waals surface area contributed by atoms with Gasteiger partial charge < -0.3 is 5.73 Å². The molecule has 120 valence electrons. The van der Waals surface area contributed by atoms with Crippen molar-refractivity contribution in [2.24, 2.45) is 11.7 Å². The molecule has 1 rings (SSSR count). The monoisotopic (exact) mass is 335 g/mol. The van der Waals surface area contributed by atoms with Gasteiger partial charge in [-0.15, -0.1) is 0 Å². The van der Waals surface area contributed by atoms with Gasteiger partial charge in [0, 0.05) is 12.0 Å². The number of benzene rings is 1. The Hall–Kier alpha value is -2.23. The van der Waals surface area contributed by atoms with Crippen LogP contribution in [0.5, 0.6) is 0 Å². The summed E-state index contributed by atoms with van der Waals surface area (Å²) in [6, 6.07) is 2.14. The van der Waals surface area contributed by atoms with E-state index >= 15 is 0 Å². The molecule has 0 aliphatic rings. The fourth-order valence-electron chi connectivity index (χ4n) is 1.67. The third kappa shape index (κ3) is 3.70. The molecular formula is C12H12F3N3O3S. The van der Waals surface area contributed by atoms with E-state index in [9.17, 15) is 28.1 Å². The zero-order chi connectivity index (χ0) is 17.2. The van der Waals surface area contributed by atoms with Crippen LogP contribution in [0.15, 0.2) is 18.2 Å². The predicted octanol–water partition coefficient (Wildman–Crippen LogP) is 2.85. The van der Waals surface area contributed by atoms with E-state index in [1.54, 1.807) is 0 Å². The molecule has 0 fully saturated rings. The Morgan fingerprint density at radius 1 is 1.41 bits per heavy atom. The molecule has 0 radical (unpaired) electrons. The fourth-order valence-corrected chi connectivity index (χ4v) is 1.87. The van der Waals surface area contributed by atoms with E-state index in [0.717, 1.165) is 11.0 Å². The number of nitrogens with zero attached hydrogens (tertiary/aromatic N) is 2. The van der Waals surface area contributed by atoms with Gasteiger partial charge in [-0.3, -0.25) is 19.8 Å². The van der Waals surface area contributed by atoms with E-state index in [1.807, 2.05) is 0 Å². The van der Waals surface area contributed by atoms with Crippen molar-refractivity contribution in [3.05, 3.63) is 33.9 Å². The van der Waals surface area contributed by atoms with Crippen molar-refractivity contribution >= 4 is 34.6 Å². The lowest BCUT2D eigenvalue weighted by molar-refractivity contribution is -0.388. The Morgan fingerprint density at radius 2 is 1.95 bits per heavy atom. The molecular weight excluding hydrogens is 323 g/mol. The molecule has 1 amide bonds. The highest BCUT2D eigenvalue weighted by atomic mass is 32.1. The molecule has 0 aliphatic carbocycles. The first-order valence-electron chi connectivity index (χ1n) is 5.95. The van der Waals surface area contributed by atoms with Crippen molar-refractivity contribution in [2.75, 3.05) is 4.90 Å². The molecule has 0 atom stereocenters. The van der Waals surface area contributed by atoms with Gasteiger partial charge in [-0.2, -0.15) is 13.2 Å². The summed E-state index contributed by atoms with van der Waals surface area (Å²) in [6.45, 7) is 3.04. The highest BCUT2D eigenvalue weighted by molar-refractivity contribution is 7.80. The zero-order valence-corrected chi connectivity index (χ0v) is 12.4. The molecule has 0 heterocycles. The van der Waals surface area contributed by atoms with Gasteiger partial charge >= 0.3 is 6.18 Å². The molecule has 2 N–H and O–H groups in total. The summed E-state index contributed by atoms with van der Waals surface area (Å²) in [4.78, 5) is 22.3. The van der Waals surface area contributed by atoms with Crippen molar-refractivity contribution in [3.8, 4) is 0 Å². The van der Waals surface area contributed by atoms with Gasteiger partial charge in [-0.1, -0.05) is 13.8 Å². The minimum Gasteiger partial charge on any atom is -0.376 e. The second-order valence-corrected chi connectivity index (χ2v) is 5.04. The van der Waals surface area contributed by atoms with Crippen LogP contribution < -0.4 is 10.6 Å². The molecule has 6 nitrogen and oxygen atoms in total. The Labute approximate surface area is 128 Å². The molecule has 1 aromatic rings. The first-order chi connectivity index (χ1) is 9.96. The van der Waals surface area contributed by atoms with Crippen LogP contribution in [0.3, 0.4) is 0 Å². The molecule has 10 heteroatoms. The zero-order valence-electron chi connectivity index (χ0n) is 11.5. The van der Waals surface area contributed by atoms with Gasteiger partial charge in [0.1, 0.15) is 5.56 Å². The third-order valence-electron chi connectivity index (χ3n) is 2.68. The first kappa shape index (κ1) is 17.8. The average molecular weight is 335 g/mol. The number of amides is 1. The summed E-state index contributed by atoms with van der Waals surface area (Å²) in [5.41, 5.74) is 2.52. The van der Waals surface area contributed by atoms with Gasteiger partial charge in [-0.25, -0.2) is 0 Å². The topological polar surface area (TPSA) is 89.5 Å². The molecule has 0 bridgehead atoms. The number of nitrogens with two attached hydrogens (primary N) is 1. The van der Waals surface area contributed by atoms with Gasteiger partial charge in [-0.05, 0) is 24.4 Å². The number of carbonyl (C=O) groups excluding carboxylic acids is 1. The second-order valence-electron chi connectivity index (χ2n) is 4.62. The molecule has 0 saturated heterocycles. The summed E-state index contributed by atoms with van der Waals surface area (Å²) >= 11 is 4.68. The Morgan fingerprint density at radius 3 is 2.32 bits per heavy atom. The SMILES string of the molecule is CC(C)C(=O)N(C(N)=S)c1ccc([N+](=O)[O-])c(C(F)(F)F)c1. The fraction of sp³-hybridized carbons (Fsp3) is 0.333. The smallest absolute Gasteiger partial charge is 0.376 e. The number of hydrogen-bond donors (Lipinski definition) is 1. The number of nitro groups is 1. The summed E-state index contributed by atoms with van der Waals surface area (Å²) in [5.74, 6) is -1.19. The number of hydrogen-bond acceptors (Lipinski definition) is 4. The second kappa shape index (κ2) is 6.26. The van der Waals surface area contributed by atoms with Crippen LogP contribution in [0.4, 0.5) is 24.5 Å².